The fourth-order valence-electron chi connectivity index (χ4n) is 8.53. The van der Waals surface area contributed by atoms with Crippen LogP contribution in [0.4, 0.5) is 0 Å². The lowest BCUT2D eigenvalue weighted by Crippen LogP contribution is -2.74. The van der Waals surface area contributed by atoms with Gasteiger partial charge in [0.1, 0.15) is 37.1 Å². The van der Waals surface area contributed by atoms with Gasteiger partial charge in [-0.1, -0.05) is 91.0 Å². The van der Waals surface area contributed by atoms with E-state index in [1.807, 2.05) is 91.0 Å². The van der Waals surface area contributed by atoms with E-state index >= 15 is 0 Å². The van der Waals surface area contributed by atoms with Crippen LogP contribution in [0.2, 0.25) is 0 Å². The molecule has 3 aromatic carbocycles. The molecule has 12 atom stereocenters. The Morgan fingerprint density at radius 2 is 1.26 bits per heavy atom. The zero-order valence-corrected chi connectivity index (χ0v) is 39.1. The number of aliphatic hydroxyl groups is 1. The molecule has 0 radical (unpaired) electrons. The summed E-state index contributed by atoms with van der Waals surface area (Å²) in [5.74, 6) is -6.85. The van der Waals surface area contributed by atoms with Crippen LogP contribution in [0.5, 0.6) is 0 Å². The van der Waals surface area contributed by atoms with E-state index in [0.29, 0.717) is 0 Å². The molecule has 2 saturated heterocycles. The topological polar surface area (TPSA) is 236 Å². The van der Waals surface area contributed by atoms with Gasteiger partial charge in [-0.05, 0) is 16.7 Å². The third-order valence-electron chi connectivity index (χ3n) is 11.3. The maximum Gasteiger partial charge on any atom is 0.341 e. The van der Waals surface area contributed by atoms with Crippen molar-refractivity contribution in [1.29, 1.82) is 0 Å². The minimum absolute atomic E-state index is 0.0412. The van der Waals surface area contributed by atoms with Crippen molar-refractivity contribution in [3.05, 3.63) is 108 Å². The number of hydrogen-bond acceptors (Lipinski definition) is 18. The van der Waals surface area contributed by atoms with Crippen molar-refractivity contribution >= 4 is 35.8 Å². The third kappa shape index (κ3) is 14.4. The third-order valence-corrected chi connectivity index (χ3v) is 11.3. The molecule has 19 heteroatoms. The van der Waals surface area contributed by atoms with E-state index in [4.69, 9.17) is 52.1 Å². The maximum atomic E-state index is 14.9. The number of amides is 1. The summed E-state index contributed by atoms with van der Waals surface area (Å²) in [4.78, 5) is 78.6. The Morgan fingerprint density at radius 1 is 0.721 bits per heavy atom. The van der Waals surface area contributed by atoms with Crippen LogP contribution in [0, 0.1) is 5.92 Å². The fourth-order valence-corrected chi connectivity index (χ4v) is 8.53. The average molecular weight is 952 g/mol. The van der Waals surface area contributed by atoms with Gasteiger partial charge in [-0.25, -0.2) is 4.79 Å². The molecular weight excluding hydrogens is 891 g/mol. The molecule has 0 spiro atoms. The Hall–Kier alpha value is -5.80. The quantitative estimate of drug-likeness (QED) is 0.109. The number of esters is 5. The minimum atomic E-state index is -2.65. The number of carbonyl (C=O) groups excluding carboxylic acids is 6. The van der Waals surface area contributed by atoms with E-state index in [-0.39, 0.29) is 26.4 Å². The van der Waals surface area contributed by atoms with E-state index in [9.17, 15) is 33.9 Å². The predicted molar refractivity (Wildman–Crippen MR) is 236 cm³/mol. The van der Waals surface area contributed by atoms with Gasteiger partial charge in [0.15, 0.2) is 24.1 Å². The molecule has 0 saturated carbocycles. The summed E-state index contributed by atoms with van der Waals surface area (Å²) in [6.45, 7) is 4.62. The van der Waals surface area contributed by atoms with Crippen molar-refractivity contribution in [2.24, 2.45) is 5.92 Å². The Bertz CT molecular complexity index is 2110. The number of benzene rings is 3. The molecule has 2 heterocycles. The Labute approximate surface area is 394 Å². The molecule has 0 aromatic heterocycles. The Kier molecular flexibility index (Phi) is 20.0. The lowest BCUT2D eigenvalue weighted by molar-refractivity contribution is -0.331. The van der Waals surface area contributed by atoms with Gasteiger partial charge in [0, 0.05) is 54.1 Å². The Balaban J connectivity index is 1.74. The SMILES string of the molecule is COC(=O)[C@@]1([C@@H](O)[C@H]2[C@@H](OCc3ccccc3)[C@@H](COCc3ccccc3)O[C@H](OC)[C@@H]2OCc2ccccc2)C[C@H](OC(C)=O)[C@@H](NC(C)=O)[C@H]([C@H](OC(C)=O)[C@@H](COC(C)=O)OC(C)=O)O1. The standard InChI is InChI=1S/C49H61NO18/c1-29(51)50-41-37(64-31(3)53)23-49(48(57)59-7,68-45(41)43(66-33(5)55)39(65-32(4)54)28-61-30(2)52)46(56)40-42(62-25-35-19-13-9-14-20-35)38(27-60-24-34-17-11-8-12-18-34)67-47(58-6)44(40)63-26-36-21-15-10-16-22-36/h8-22,37-47,56H,23-28H2,1-7H3,(H,50,51)/t37-,38+,39+,40-,41+,42-,43+,44+,45+,46-,47-,49-/m0/s1. The minimum Gasteiger partial charge on any atom is -0.467 e. The first kappa shape index (κ1) is 53.2. The summed E-state index contributed by atoms with van der Waals surface area (Å²) >= 11 is 0. The van der Waals surface area contributed by atoms with Gasteiger partial charge >= 0.3 is 29.8 Å². The van der Waals surface area contributed by atoms with Gasteiger partial charge in [-0.2, -0.15) is 0 Å². The average Bonchev–Trinajstić information content (AvgIpc) is 3.31. The molecule has 2 aliphatic rings. The number of nitrogens with one attached hydrogen (secondary N) is 1. The second kappa shape index (κ2) is 25.5. The van der Waals surface area contributed by atoms with Crippen LogP contribution in [0.1, 0.15) is 57.7 Å². The van der Waals surface area contributed by atoms with Gasteiger partial charge in [0.05, 0.1) is 45.7 Å². The normalized spacial score (nSPS) is 25.9. The number of hydrogen-bond donors (Lipinski definition) is 2. The maximum absolute atomic E-state index is 14.9. The smallest absolute Gasteiger partial charge is 0.341 e. The molecular formula is C49H61NO18. The van der Waals surface area contributed by atoms with E-state index in [1.165, 1.54) is 7.11 Å². The molecule has 2 N–H and O–H groups in total. The van der Waals surface area contributed by atoms with Crippen molar-refractivity contribution < 1.29 is 86.0 Å². The van der Waals surface area contributed by atoms with Gasteiger partial charge in [-0.3, -0.25) is 24.0 Å². The highest BCUT2D eigenvalue weighted by Crippen LogP contribution is 2.45. The lowest BCUT2D eigenvalue weighted by atomic mass is 9.72. The van der Waals surface area contributed by atoms with Gasteiger partial charge in [-0.15, -0.1) is 0 Å². The fraction of sp³-hybridized carbons (Fsp3) is 0.510. The van der Waals surface area contributed by atoms with Crippen molar-refractivity contribution in [2.75, 3.05) is 27.4 Å². The molecule has 19 nitrogen and oxygen atoms in total. The lowest BCUT2D eigenvalue weighted by Gasteiger charge is -2.54. The number of aliphatic hydroxyl groups excluding tert-OH is 1. The first-order valence-electron chi connectivity index (χ1n) is 22.0. The summed E-state index contributed by atoms with van der Waals surface area (Å²) in [6.07, 6.45) is -14.5. The van der Waals surface area contributed by atoms with Gasteiger partial charge in [0.2, 0.25) is 5.91 Å². The van der Waals surface area contributed by atoms with Gasteiger partial charge < -0.3 is 62.5 Å². The zero-order chi connectivity index (χ0) is 49.4. The highest BCUT2D eigenvalue weighted by atomic mass is 16.7. The van der Waals surface area contributed by atoms with Crippen LogP contribution < -0.4 is 5.32 Å². The van der Waals surface area contributed by atoms with E-state index in [1.54, 1.807) is 0 Å². The van der Waals surface area contributed by atoms with Crippen molar-refractivity contribution in [3.63, 3.8) is 0 Å². The molecule has 1 amide bonds. The summed E-state index contributed by atoms with van der Waals surface area (Å²) in [5.41, 5.74) is -0.329. The van der Waals surface area contributed by atoms with E-state index < -0.39 is 121 Å². The molecule has 68 heavy (non-hydrogen) atoms. The first-order valence-corrected chi connectivity index (χ1v) is 22.0. The molecule has 2 fully saturated rings. The molecule has 5 rings (SSSR count). The van der Waals surface area contributed by atoms with Crippen LogP contribution in [0.15, 0.2) is 91.0 Å². The summed E-state index contributed by atoms with van der Waals surface area (Å²) in [5, 5.41) is 16.1. The molecule has 3 aromatic rings. The van der Waals surface area contributed by atoms with Crippen molar-refractivity contribution in [2.45, 2.75) is 128 Å². The second-order valence-electron chi connectivity index (χ2n) is 16.4. The number of rotatable bonds is 22. The summed E-state index contributed by atoms with van der Waals surface area (Å²) < 4.78 is 66.8. The largest absolute Gasteiger partial charge is 0.467 e. The molecule has 0 aliphatic carbocycles. The van der Waals surface area contributed by atoms with Crippen molar-refractivity contribution in [1.82, 2.24) is 5.32 Å². The van der Waals surface area contributed by atoms with Crippen LogP contribution in [0.3, 0.4) is 0 Å². The highest BCUT2D eigenvalue weighted by Gasteiger charge is 2.65. The van der Waals surface area contributed by atoms with E-state index in [0.717, 1.165) is 58.4 Å². The molecule has 2 aliphatic heterocycles. The molecule has 0 bridgehead atoms. The number of carbonyl (C=O) groups is 6. The van der Waals surface area contributed by atoms with Crippen LogP contribution in [-0.4, -0.2) is 135 Å². The molecule has 0 unspecified atom stereocenters. The molecule has 370 valence electrons. The highest BCUT2D eigenvalue weighted by molar-refractivity contribution is 5.81. The van der Waals surface area contributed by atoms with E-state index in [2.05, 4.69) is 5.32 Å². The van der Waals surface area contributed by atoms with Crippen molar-refractivity contribution in [3.8, 4) is 0 Å². The monoisotopic (exact) mass is 951 g/mol. The predicted octanol–water partition coefficient (Wildman–Crippen LogP) is 3.29. The Morgan fingerprint density at radius 3 is 1.75 bits per heavy atom. The number of methoxy groups -OCH3 is 2. The van der Waals surface area contributed by atoms with Crippen LogP contribution in [0.25, 0.3) is 0 Å². The zero-order valence-electron chi connectivity index (χ0n) is 39.1. The summed E-state index contributed by atoms with van der Waals surface area (Å²) in [6, 6.07) is 26.1. The number of ether oxygens (including phenoxy) is 11. The van der Waals surface area contributed by atoms with Crippen LogP contribution >= 0.6 is 0 Å². The van der Waals surface area contributed by atoms with Crippen LogP contribution in [-0.2, 0) is 101 Å². The van der Waals surface area contributed by atoms with Gasteiger partial charge in [0.25, 0.3) is 0 Å². The summed E-state index contributed by atoms with van der Waals surface area (Å²) in [7, 11) is 2.41. The second-order valence-corrected chi connectivity index (χ2v) is 16.4. The first-order chi connectivity index (χ1) is 32.6.